The molecule has 0 saturated carbocycles. The fourth-order valence-electron chi connectivity index (χ4n) is 3.01. The second-order valence-electron chi connectivity index (χ2n) is 6.69. The minimum absolute atomic E-state index is 0. The summed E-state index contributed by atoms with van der Waals surface area (Å²) in [6, 6.07) is 15.7. The lowest BCUT2D eigenvalue weighted by molar-refractivity contribution is 0.0963. The fraction of sp³-hybridized carbons (Fsp3) is 0.273. The van der Waals surface area contributed by atoms with Crippen LogP contribution in [-0.4, -0.2) is 47.2 Å². The quantitative estimate of drug-likeness (QED) is 0.203. The Morgan fingerprint density at radius 1 is 1.10 bits per heavy atom. The van der Waals surface area contributed by atoms with Crippen molar-refractivity contribution in [1.82, 2.24) is 31.1 Å². The monoisotopic (exact) mass is 533 g/mol. The Morgan fingerprint density at radius 3 is 2.65 bits per heavy atom. The number of halogens is 1. The molecule has 1 heterocycles. The van der Waals surface area contributed by atoms with Crippen LogP contribution in [0.1, 0.15) is 28.4 Å². The fourth-order valence-corrected chi connectivity index (χ4v) is 3.01. The number of guanidine groups is 1. The van der Waals surface area contributed by atoms with Gasteiger partial charge in [0.25, 0.3) is 5.91 Å². The Hall–Kier alpha value is -2.95. The Balaban J connectivity index is 0.00000341. The highest BCUT2D eigenvalue weighted by atomic mass is 127. The molecular weight excluding hydrogens is 505 g/mol. The highest BCUT2D eigenvalue weighted by molar-refractivity contribution is 14.0. The van der Waals surface area contributed by atoms with Crippen molar-refractivity contribution < 1.29 is 4.79 Å². The highest BCUT2D eigenvalue weighted by Gasteiger charge is 2.05. The van der Waals surface area contributed by atoms with E-state index >= 15 is 0 Å². The van der Waals surface area contributed by atoms with Gasteiger partial charge in [-0.1, -0.05) is 30.3 Å². The van der Waals surface area contributed by atoms with Crippen molar-refractivity contribution in [2.24, 2.45) is 4.99 Å². The van der Waals surface area contributed by atoms with E-state index in [9.17, 15) is 4.79 Å². The van der Waals surface area contributed by atoms with E-state index in [2.05, 4.69) is 42.2 Å². The topological polar surface area (TPSA) is 107 Å². The average Bonchev–Trinajstić information content (AvgIpc) is 3.32. The molecular formula is C22H28IN7O. The summed E-state index contributed by atoms with van der Waals surface area (Å²) < 4.78 is 0. The number of aromatic amines is 1. The summed E-state index contributed by atoms with van der Waals surface area (Å²) in [5, 5.41) is 16.0. The molecule has 3 aromatic rings. The third kappa shape index (κ3) is 7.35. The van der Waals surface area contributed by atoms with Gasteiger partial charge in [0.15, 0.2) is 11.8 Å². The van der Waals surface area contributed by atoms with Crippen molar-refractivity contribution >= 4 is 35.8 Å². The lowest BCUT2D eigenvalue weighted by Gasteiger charge is -2.12. The zero-order chi connectivity index (χ0) is 21.2. The lowest BCUT2D eigenvalue weighted by atomic mass is 10.1. The number of hydrogen-bond donors (Lipinski definition) is 4. The maximum atomic E-state index is 11.8. The molecule has 1 aromatic heterocycles. The Labute approximate surface area is 199 Å². The molecule has 4 N–H and O–H groups in total. The molecule has 0 spiro atoms. The van der Waals surface area contributed by atoms with Gasteiger partial charge in [0, 0.05) is 31.3 Å². The van der Waals surface area contributed by atoms with E-state index in [0.717, 1.165) is 41.4 Å². The van der Waals surface area contributed by atoms with Crippen LogP contribution in [0.3, 0.4) is 0 Å². The third-order valence-electron chi connectivity index (χ3n) is 4.50. The molecule has 164 valence electrons. The summed E-state index contributed by atoms with van der Waals surface area (Å²) in [6.45, 7) is 4.06. The molecule has 0 bridgehead atoms. The SMILES string of the molecule is CCNC(=NCc1cccc(-c2ncn[nH]2)c1)NCCc1cccc(C(=O)NC)c1.I. The van der Waals surface area contributed by atoms with E-state index in [0.29, 0.717) is 18.7 Å². The second kappa shape index (κ2) is 12.7. The molecule has 0 aliphatic rings. The number of benzene rings is 2. The number of nitrogens with zero attached hydrogens (tertiary/aromatic N) is 3. The summed E-state index contributed by atoms with van der Waals surface area (Å²) in [4.78, 5) is 20.7. The van der Waals surface area contributed by atoms with E-state index in [1.54, 1.807) is 7.05 Å². The van der Waals surface area contributed by atoms with Crippen LogP contribution in [0.2, 0.25) is 0 Å². The van der Waals surface area contributed by atoms with E-state index in [4.69, 9.17) is 0 Å². The number of carbonyl (C=O) groups excluding carboxylic acids is 1. The van der Waals surface area contributed by atoms with Gasteiger partial charge in [-0.3, -0.25) is 9.89 Å². The van der Waals surface area contributed by atoms with Crippen LogP contribution >= 0.6 is 24.0 Å². The van der Waals surface area contributed by atoms with Gasteiger partial charge in [-0.15, -0.1) is 24.0 Å². The van der Waals surface area contributed by atoms with Gasteiger partial charge in [0.05, 0.1) is 6.54 Å². The van der Waals surface area contributed by atoms with E-state index in [-0.39, 0.29) is 29.9 Å². The molecule has 0 atom stereocenters. The maximum absolute atomic E-state index is 11.8. The zero-order valence-corrected chi connectivity index (χ0v) is 20.0. The van der Waals surface area contributed by atoms with Crippen LogP contribution in [0.25, 0.3) is 11.4 Å². The first-order valence-electron chi connectivity index (χ1n) is 9.97. The maximum Gasteiger partial charge on any atom is 0.251 e. The number of hydrogen-bond acceptors (Lipinski definition) is 4. The van der Waals surface area contributed by atoms with Gasteiger partial charge in [0.2, 0.25) is 0 Å². The molecule has 0 aliphatic carbocycles. The van der Waals surface area contributed by atoms with Crippen LogP contribution in [0.5, 0.6) is 0 Å². The minimum Gasteiger partial charge on any atom is -0.357 e. The number of H-pyrrole nitrogens is 1. The van der Waals surface area contributed by atoms with Crippen molar-refractivity contribution in [2.45, 2.75) is 19.9 Å². The van der Waals surface area contributed by atoms with Crippen molar-refractivity contribution in [3.63, 3.8) is 0 Å². The van der Waals surface area contributed by atoms with Gasteiger partial charge < -0.3 is 16.0 Å². The Bertz CT molecular complexity index is 989. The van der Waals surface area contributed by atoms with Crippen LogP contribution < -0.4 is 16.0 Å². The van der Waals surface area contributed by atoms with Crippen molar-refractivity contribution in [2.75, 3.05) is 20.1 Å². The largest absolute Gasteiger partial charge is 0.357 e. The van der Waals surface area contributed by atoms with Crippen molar-refractivity contribution in [3.8, 4) is 11.4 Å². The molecule has 0 saturated heterocycles. The molecule has 9 heteroatoms. The van der Waals surface area contributed by atoms with Gasteiger partial charge in [-0.2, -0.15) is 5.10 Å². The van der Waals surface area contributed by atoms with E-state index in [1.165, 1.54) is 6.33 Å². The van der Waals surface area contributed by atoms with Crippen molar-refractivity contribution in [3.05, 3.63) is 71.5 Å². The lowest BCUT2D eigenvalue weighted by Crippen LogP contribution is -2.38. The Kier molecular flexibility index (Phi) is 9.95. The summed E-state index contributed by atoms with van der Waals surface area (Å²) in [5.74, 6) is 1.42. The van der Waals surface area contributed by atoms with E-state index < -0.39 is 0 Å². The van der Waals surface area contributed by atoms with Gasteiger partial charge in [-0.05, 0) is 42.7 Å². The number of rotatable bonds is 8. The zero-order valence-electron chi connectivity index (χ0n) is 17.7. The number of carbonyl (C=O) groups is 1. The van der Waals surface area contributed by atoms with Crippen LogP contribution in [-0.2, 0) is 13.0 Å². The van der Waals surface area contributed by atoms with Crippen LogP contribution in [0.4, 0.5) is 0 Å². The summed E-state index contributed by atoms with van der Waals surface area (Å²) in [7, 11) is 1.64. The highest BCUT2D eigenvalue weighted by Crippen LogP contribution is 2.15. The predicted molar refractivity (Wildman–Crippen MR) is 134 cm³/mol. The minimum atomic E-state index is -0.0766. The number of aromatic nitrogens is 3. The average molecular weight is 533 g/mol. The van der Waals surface area contributed by atoms with Crippen molar-refractivity contribution in [1.29, 1.82) is 0 Å². The standard InChI is InChI=1S/C22H27N7O.HI/c1-3-24-22(25-11-10-16-6-4-9-19(12-16)21(30)23-2)26-14-17-7-5-8-18(13-17)20-27-15-28-29-20;/h4-9,12-13,15H,3,10-11,14H2,1-2H3,(H,23,30)(H2,24,25,26)(H,27,28,29);1H. The first-order chi connectivity index (χ1) is 14.7. The van der Waals surface area contributed by atoms with E-state index in [1.807, 2.05) is 49.4 Å². The molecule has 0 radical (unpaired) electrons. The molecule has 0 unspecified atom stereocenters. The normalized spacial score (nSPS) is 10.8. The van der Waals surface area contributed by atoms with Gasteiger partial charge >= 0.3 is 0 Å². The number of nitrogens with one attached hydrogen (secondary N) is 4. The summed E-state index contributed by atoms with van der Waals surface area (Å²) in [6.07, 6.45) is 2.29. The molecule has 2 aromatic carbocycles. The smallest absolute Gasteiger partial charge is 0.251 e. The third-order valence-corrected chi connectivity index (χ3v) is 4.50. The van der Waals surface area contributed by atoms with Gasteiger partial charge in [-0.25, -0.2) is 9.98 Å². The van der Waals surface area contributed by atoms with Crippen LogP contribution in [0, 0.1) is 0 Å². The summed E-state index contributed by atoms with van der Waals surface area (Å²) >= 11 is 0. The molecule has 3 rings (SSSR count). The first-order valence-corrected chi connectivity index (χ1v) is 9.97. The van der Waals surface area contributed by atoms with Gasteiger partial charge in [0.1, 0.15) is 6.33 Å². The molecule has 8 nitrogen and oxygen atoms in total. The van der Waals surface area contributed by atoms with Crippen LogP contribution in [0.15, 0.2) is 59.9 Å². The molecule has 31 heavy (non-hydrogen) atoms. The number of amides is 1. The number of aliphatic imine (C=N–C) groups is 1. The molecule has 0 aliphatic heterocycles. The second-order valence-corrected chi connectivity index (χ2v) is 6.69. The predicted octanol–water partition coefficient (Wildman–Crippen LogP) is 2.75. The molecule has 1 amide bonds. The summed E-state index contributed by atoms with van der Waals surface area (Å²) in [5.41, 5.74) is 3.83. The molecule has 0 fully saturated rings. The Morgan fingerprint density at radius 2 is 1.90 bits per heavy atom. The first kappa shape index (κ1) is 24.3.